The molecule has 3 heteroatoms. The Morgan fingerprint density at radius 2 is 0.720 bits per heavy atom. The predicted octanol–water partition coefficient (Wildman–Crippen LogP) is 12.3. The van der Waals surface area contributed by atoms with Gasteiger partial charge < -0.3 is 0 Å². The van der Waals surface area contributed by atoms with E-state index >= 15 is 0 Å². The standard InChI is InChI=1S/C47H29N3/c1-3-15-32(16-4-1)45-48-46(33-17-5-2-6-18-33)50-47(49-45)40-28-27-39(37-21-11-12-22-38(37)40)42-29-34-24-23-30-13-7-9-19-35(30)43(34)41-26-25-31-14-8-10-20-36(31)44(41)42/h1-29H. The van der Waals surface area contributed by atoms with Crippen LogP contribution in [0.4, 0.5) is 0 Å². The van der Waals surface area contributed by atoms with Gasteiger partial charge in [0, 0.05) is 16.7 Å². The lowest BCUT2D eigenvalue weighted by Crippen LogP contribution is -2.00. The van der Waals surface area contributed by atoms with Crippen molar-refractivity contribution in [3.8, 4) is 45.3 Å². The molecule has 10 rings (SSSR count). The lowest BCUT2D eigenvalue weighted by molar-refractivity contribution is 1.08. The summed E-state index contributed by atoms with van der Waals surface area (Å²) in [5.74, 6) is 1.96. The lowest BCUT2D eigenvalue weighted by atomic mass is 9.86. The van der Waals surface area contributed by atoms with E-state index in [0.29, 0.717) is 17.5 Å². The van der Waals surface area contributed by atoms with Crippen molar-refractivity contribution in [1.29, 1.82) is 0 Å². The maximum absolute atomic E-state index is 5.09. The zero-order chi connectivity index (χ0) is 33.0. The summed E-state index contributed by atoms with van der Waals surface area (Å²) < 4.78 is 0. The first-order chi connectivity index (χ1) is 24.8. The Labute approximate surface area is 289 Å². The molecule has 0 unspecified atom stereocenters. The Morgan fingerprint density at radius 1 is 0.260 bits per heavy atom. The molecule has 0 saturated heterocycles. The van der Waals surface area contributed by atoms with Crippen molar-refractivity contribution in [3.63, 3.8) is 0 Å². The van der Waals surface area contributed by atoms with Crippen LogP contribution in [-0.2, 0) is 0 Å². The molecular weight excluding hydrogens is 607 g/mol. The highest BCUT2D eigenvalue weighted by molar-refractivity contribution is 6.29. The highest BCUT2D eigenvalue weighted by Gasteiger charge is 2.19. The molecule has 0 radical (unpaired) electrons. The average Bonchev–Trinajstić information content (AvgIpc) is 3.20. The number of benzene rings is 9. The third-order valence-corrected chi connectivity index (χ3v) is 9.88. The second kappa shape index (κ2) is 11.5. The van der Waals surface area contributed by atoms with Crippen molar-refractivity contribution >= 4 is 53.9 Å². The quantitative estimate of drug-likeness (QED) is 0.181. The minimum Gasteiger partial charge on any atom is -0.208 e. The zero-order valence-electron chi connectivity index (χ0n) is 27.1. The Bertz CT molecular complexity index is 2860. The molecule has 232 valence electrons. The molecule has 0 saturated carbocycles. The van der Waals surface area contributed by atoms with E-state index in [9.17, 15) is 0 Å². The SMILES string of the molecule is c1ccc(-c2nc(-c3ccccc3)nc(-c3ccc(-c4cc5ccc6ccccc6c5c5ccc6ccccc6c45)c4ccccc34)n2)cc1. The minimum atomic E-state index is 0.653. The number of aromatic nitrogens is 3. The Kier molecular flexibility index (Phi) is 6.49. The first-order valence-electron chi connectivity index (χ1n) is 17.0. The smallest absolute Gasteiger partial charge is 0.164 e. The zero-order valence-corrected chi connectivity index (χ0v) is 27.1. The summed E-state index contributed by atoms with van der Waals surface area (Å²) in [7, 11) is 0. The summed E-state index contributed by atoms with van der Waals surface area (Å²) in [4.78, 5) is 15.1. The van der Waals surface area contributed by atoms with Gasteiger partial charge in [-0.05, 0) is 77.1 Å². The second-order valence-corrected chi connectivity index (χ2v) is 12.8. The molecule has 0 aliphatic rings. The second-order valence-electron chi connectivity index (χ2n) is 12.8. The average molecular weight is 636 g/mol. The van der Waals surface area contributed by atoms with Crippen LogP contribution in [-0.4, -0.2) is 15.0 Å². The van der Waals surface area contributed by atoms with Crippen molar-refractivity contribution in [2.24, 2.45) is 0 Å². The van der Waals surface area contributed by atoms with Gasteiger partial charge in [0.2, 0.25) is 0 Å². The van der Waals surface area contributed by atoms with Crippen LogP contribution in [0.5, 0.6) is 0 Å². The Hall–Kier alpha value is -6.71. The molecule has 0 fully saturated rings. The van der Waals surface area contributed by atoms with Crippen LogP contribution in [0.2, 0.25) is 0 Å². The van der Waals surface area contributed by atoms with Crippen LogP contribution in [0, 0.1) is 0 Å². The highest BCUT2D eigenvalue weighted by Crippen LogP contribution is 2.44. The summed E-state index contributed by atoms with van der Waals surface area (Å²) in [5, 5.41) is 12.3. The topological polar surface area (TPSA) is 38.7 Å². The number of hydrogen-bond donors (Lipinski definition) is 0. The van der Waals surface area contributed by atoms with Crippen LogP contribution < -0.4 is 0 Å². The van der Waals surface area contributed by atoms with E-state index in [1.165, 1.54) is 54.2 Å². The van der Waals surface area contributed by atoms with E-state index in [2.05, 4.69) is 115 Å². The maximum atomic E-state index is 5.09. The summed E-state index contributed by atoms with van der Waals surface area (Å²) in [6.07, 6.45) is 0. The van der Waals surface area contributed by atoms with Gasteiger partial charge >= 0.3 is 0 Å². The van der Waals surface area contributed by atoms with E-state index in [1.54, 1.807) is 0 Å². The minimum absolute atomic E-state index is 0.653. The molecule has 0 bridgehead atoms. The molecule has 1 aromatic heterocycles. The summed E-state index contributed by atoms with van der Waals surface area (Å²) in [6.45, 7) is 0. The first kappa shape index (κ1) is 28.3. The molecule has 9 aromatic carbocycles. The highest BCUT2D eigenvalue weighted by atomic mass is 15.0. The first-order valence-corrected chi connectivity index (χ1v) is 17.0. The molecule has 0 amide bonds. The van der Waals surface area contributed by atoms with Crippen LogP contribution in [0.3, 0.4) is 0 Å². The number of fused-ring (bicyclic) bond motifs is 8. The fourth-order valence-electron chi connectivity index (χ4n) is 7.58. The third-order valence-electron chi connectivity index (χ3n) is 9.88. The number of rotatable bonds is 4. The third kappa shape index (κ3) is 4.56. The fraction of sp³-hybridized carbons (Fsp3) is 0. The molecule has 50 heavy (non-hydrogen) atoms. The van der Waals surface area contributed by atoms with Crippen LogP contribution in [0.25, 0.3) is 99.2 Å². The monoisotopic (exact) mass is 635 g/mol. The van der Waals surface area contributed by atoms with Gasteiger partial charge in [-0.1, -0.05) is 164 Å². The molecule has 1 heterocycles. The largest absolute Gasteiger partial charge is 0.208 e. The van der Waals surface area contributed by atoms with Crippen molar-refractivity contribution in [3.05, 3.63) is 176 Å². The number of hydrogen-bond acceptors (Lipinski definition) is 3. The molecule has 0 aliphatic carbocycles. The van der Waals surface area contributed by atoms with Crippen molar-refractivity contribution in [1.82, 2.24) is 15.0 Å². The molecular formula is C47H29N3. The Morgan fingerprint density at radius 3 is 1.36 bits per heavy atom. The lowest BCUT2D eigenvalue weighted by Gasteiger charge is -2.18. The van der Waals surface area contributed by atoms with Gasteiger partial charge in [0.05, 0.1) is 0 Å². The van der Waals surface area contributed by atoms with E-state index in [4.69, 9.17) is 15.0 Å². The maximum Gasteiger partial charge on any atom is 0.164 e. The Balaban J connectivity index is 1.27. The van der Waals surface area contributed by atoms with Gasteiger partial charge in [0.15, 0.2) is 17.5 Å². The predicted molar refractivity (Wildman–Crippen MR) is 209 cm³/mol. The van der Waals surface area contributed by atoms with E-state index in [1.807, 2.05) is 60.7 Å². The van der Waals surface area contributed by atoms with Gasteiger partial charge in [-0.2, -0.15) is 0 Å². The molecule has 10 aromatic rings. The van der Waals surface area contributed by atoms with Crippen LogP contribution in [0.1, 0.15) is 0 Å². The summed E-state index contributed by atoms with van der Waals surface area (Å²) in [5.41, 5.74) is 5.28. The van der Waals surface area contributed by atoms with E-state index in [-0.39, 0.29) is 0 Å². The van der Waals surface area contributed by atoms with Gasteiger partial charge in [-0.15, -0.1) is 0 Å². The summed E-state index contributed by atoms with van der Waals surface area (Å²) >= 11 is 0. The molecule has 0 atom stereocenters. The van der Waals surface area contributed by atoms with Gasteiger partial charge in [0.1, 0.15) is 0 Å². The van der Waals surface area contributed by atoms with Crippen LogP contribution in [0.15, 0.2) is 176 Å². The van der Waals surface area contributed by atoms with Gasteiger partial charge in [-0.3, -0.25) is 0 Å². The molecule has 0 spiro atoms. The summed E-state index contributed by atoms with van der Waals surface area (Å²) in [6, 6.07) is 62.3. The van der Waals surface area contributed by atoms with Gasteiger partial charge in [-0.25, -0.2) is 15.0 Å². The van der Waals surface area contributed by atoms with Crippen molar-refractivity contribution in [2.45, 2.75) is 0 Å². The van der Waals surface area contributed by atoms with Crippen molar-refractivity contribution in [2.75, 3.05) is 0 Å². The molecule has 0 aliphatic heterocycles. The molecule has 0 N–H and O–H groups in total. The normalized spacial score (nSPS) is 11.6. The van der Waals surface area contributed by atoms with E-state index in [0.717, 1.165) is 27.5 Å². The fourth-order valence-corrected chi connectivity index (χ4v) is 7.58. The van der Waals surface area contributed by atoms with E-state index < -0.39 is 0 Å². The molecule has 3 nitrogen and oxygen atoms in total. The van der Waals surface area contributed by atoms with Crippen molar-refractivity contribution < 1.29 is 0 Å². The van der Waals surface area contributed by atoms with Gasteiger partial charge in [0.25, 0.3) is 0 Å². The van der Waals surface area contributed by atoms with Crippen LogP contribution >= 0.6 is 0 Å². The number of nitrogens with zero attached hydrogens (tertiary/aromatic N) is 3.